The predicted molar refractivity (Wildman–Crippen MR) is 123 cm³/mol. The summed E-state index contributed by atoms with van der Waals surface area (Å²) in [6.07, 6.45) is 0. The fourth-order valence-corrected chi connectivity index (χ4v) is 3.55. The number of nitrogens with one attached hydrogen (secondary N) is 1. The van der Waals surface area contributed by atoms with Crippen molar-refractivity contribution in [3.8, 4) is 0 Å². The lowest BCUT2D eigenvalue weighted by molar-refractivity contribution is 0.102. The zero-order valence-corrected chi connectivity index (χ0v) is 17.9. The van der Waals surface area contributed by atoms with Crippen molar-refractivity contribution >= 4 is 33.5 Å². The maximum Gasteiger partial charge on any atom is 0.255 e. The van der Waals surface area contributed by atoms with Gasteiger partial charge < -0.3 is 9.73 Å². The maximum atomic E-state index is 12.9. The van der Waals surface area contributed by atoms with Crippen molar-refractivity contribution in [2.75, 3.05) is 5.32 Å². The lowest BCUT2D eigenvalue weighted by Gasteiger charge is -2.19. The molecule has 0 fully saturated rings. The summed E-state index contributed by atoms with van der Waals surface area (Å²) in [6.45, 7) is 10.3. The highest BCUT2D eigenvalue weighted by Gasteiger charge is 2.15. The quantitative estimate of drug-likeness (QED) is 0.414. The molecule has 4 aromatic rings. The molecule has 0 radical (unpaired) electrons. The highest BCUT2D eigenvalue weighted by Crippen LogP contribution is 2.26. The summed E-state index contributed by atoms with van der Waals surface area (Å²) >= 11 is 0. The van der Waals surface area contributed by atoms with Gasteiger partial charge in [-0.3, -0.25) is 9.59 Å². The van der Waals surface area contributed by atoms with E-state index < -0.39 is 0 Å². The number of hydrogen-bond donors (Lipinski definition) is 1. The number of carbonyl (C=O) groups is 1. The minimum absolute atomic E-state index is 0.0319. The van der Waals surface area contributed by atoms with Crippen LogP contribution in [0, 0.1) is 13.8 Å². The molecule has 1 heterocycles. The largest absolute Gasteiger partial charge is 0.455 e. The molecule has 1 N–H and O–H groups in total. The Kier molecular flexibility index (Phi) is 4.73. The second-order valence-corrected chi connectivity index (χ2v) is 8.81. The Morgan fingerprint density at radius 1 is 0.900 bits per heavy atom. The molecule has 1 aromatic heterocycles. The highest BCUT2D eigenvalue weighted by molar-refractivity contribution is 6.05. The first-order valence-corrected chi connectivity index (χ1v) is 10.0. The molecule has 0 bridgehead atoms. The third-order valence-corrected chi connectivity index (χ3v) is 5.63. The van der Waals surface area contributed by atoms with E-state index in [-0.39, 0.29) is 16.8 Å². The van der Waals surface area contributed by atoms with E-state index in [4.69, 9.17) is 4.42 Å². The summed E-state index contributed by atoms with van der Waals surface area (Å²) < 4.78 is 6.07. The van der Waals surface area contributed by atoms with Crippen LogP contribution in [0.2, 0.25) is 0 Å². The van der Waals surface area contributed by atoms with Crippen molar-refractivity contribution < 1.29 is 9.21 Å². The first-order chi connectivity index (χ1) is 14.1. The van der Waals surface area contributed by atoms with E-state index >= 15 is 0 Å². The SMILES string of the molecule is Cc1ccc2c(=O)c3ccc(NC(=O)c4ccc(C(C)(C)C)cc4)cc3oc2c1C. The average molecular weight is 399 g/mol. The summed E-state index contributed by atoms with van der Waals surface area (Å²) in [6, 6.07) is 16.5. The minimum atomic E-state index is -0.204. The fraction of sp³-hybridized carbons (Fsp3) is 0.231. The van der Waals surface area contributed by atoms with Gasteiger partial charge in [-0.25, -0.2) is 0 Å². The number of anilines is 1. The Morgan fingerprint density at radius 2 is 1.57 bits per heavy atom. The molecule has 0 atom stereocenters. The van der Waals surface area contributed by atoms with Gasteiger partial charge in [-0.2, -0.15) is 0 Å². The Morgan fingerprint density at radius 3 is 2.23 bits per heavy atom. The van der Waals surface area contributed by atoms with Gasteiger partial charge in [0.1, 0.15) is 11.2 Å². The van der Waals surface area contributed by atoms with Gasteiger partial charge in [0.25, 0.3) is 5.91 Å². The molecule has 4 nitrogen and oxygen atoms in total. The van der Waals surface area contributed by atoms with Gasteiger partial charge in [0.15, 0.2) is 0 Å². The van der Waals surface area contributed by atoms with Crippen molar-refractivity contribution in [2.45, 2.75) is 40.0 Å². The number of hydrogen-bond acceptors (Lipinski definition) is 3. The van der Waals surface area contributed by atoms with Crippen LogP contribution in [0.3, 0.4) is 0 Å². The van der Waals surface area contributed by atoms with Crippen molar-refractivity contribution in [1.29, 1.82) is 0 Å². The minimum Gasteiger partial charge on any atom is -0.455 e. The Balaban J connectivity index is 1.69. The Labute approximate surface area is 175 Å². The van der Waals surface area contributed by atoms with Gasteiger partial charge in [0.2, 0.25) is 5.43 Å². The number of benzene rings is 3. The topological polar surface area (TPSA) is 59.3 Å². The molecule has 3 aromatic carbocycles. The van der Waals surface area contributed by atoms with Gasteiger partial charge in [-0.15, -0.1) is 0 Å². The van der Waals surface area contributed by atoms with Gasteiger partial charge in [-0.05, 0) is 66.3 Å². The molecule has 0 aliphatic carbocycles. The standard InChI is InChI=1S/C26H25NO3/c1-15-6-12-21-23(28)20-13-11-19(14-22(20)30-24(21)16(15)2)27-25(29)17-7-9-18(10-8-17)26(3,4)5/h6-14H,1-5H3,(H,27,29). The second-order valence-electron chi connectivity index (χ2n) is 8.81. The summed E-state index contributed by atoms with van der Waals surface area (Å²) in [5.74, 6) is -0.204. The lowest BCUT2D eigenvalue weighted by Crippen LogP contribution is -2.14. The van der Waals surface area contributed by atoms with Gasteiger partial charge >= 0.3 is 0 Å². The average Bonchev–Trinajstić information content (AvgIpc) is 2.70. The van der Waals surface area contributed by atoms with E-state index in [0.717, 1.165) is 11.1 Å². The first kappa shape index (κ1) is 19.9. The third kappa shape index (κ3) is 3.50. The van der Waals surface area contributed by atoms with Crippen LogP contribution in [0.1, 0.15) is 47.8 Å². The monoisotopic (exact) mass is 399 g/mol. The van der Waals surface area contributed by atoms with Crippen LogP contribution in [-0.4, -0.2) is 5.91 Å². The molecule has 30 heavy (non-hydrogen) atoms. The lowest BCUT2D eigenvalue weighted by atomic mass is 9.87. The van der Waals surface area contributed by atoms with Crippen LogP contribution >= 0.6 is 0 Å². The molecular weight excluding hydrogens is 374 g/mol. The number of fused-ring (bicyclic) bond motifs is 2. The van der Waals surface area contributed by atoms with Crippen LogP contribution < -0.4 is 10.7 Å². The summed E-state index contributed by atoms with van der Waals surface area (Å²) in [5, 5.41) is 3.97. The normalized spacial score (nSPS) is 11.8. The van der Waals surface area contributed by atoms with E-state index in [1.165, 1.54) is 5.56 Å². The highest BCUT2D eigenvalue weighted by atomic mass is 16.3. The zero-order chi connectivity index (χ0) is 21.6. The Hall–Kier alpha value is -3.40. The van der Waals surface area contributed by atoms with Gasteiger partial charge in [0.05, 0.1) is 10.8 Å². The van der Waals surface area contributed by atoms with Crippen LogP contribution in [0.25, 0.3) is 21.9 Å². The number of amides is 1. The predicted octanol–water partition coefficient (Wildman–Crippen LogP) is 6.11. The number of rotatable bonds is 2. The van der Waals surface area contributed by atoms with E-state index in [0.29, 0.717) is 33.2 Å². The Bertz CT molecular complexity index is 1340. The number of aryl methyl sites for hydroxylation is 2. The van der Waals surface area contributed by atoms with E-state index in [1.807, 2.05) is 44.2 Å². The summed E-state index contributed by atoms with van der Waals surface area (Å²) in [7, 11) is 0. The zero-order valence-electron chi connectivity index (χ0n) is 17.9. The molecule has 0 unspecified atom stereocenters. The maximum absolute atomic E-state index is 12.9. The molecule has 152 valence electrons. The van der Waals surface area contributed by atoms with E-state index in [9.17, 15) is 9.59 Å². The van der Waals surface area contributed by atoms with Crippen molar-refractivity contribution in [1.82, 2.24) is 0 Å². The van der Waals surface area contributed by atoms with Crippen molar-refractivity contribution in [2.24, 2.45) is 0 Å². The van der Waals surface area contributed by atoms with Crippen LogP contribution in [0.5, 0.6) is 0 Å². The smallest absolute Gasteiger partial charge is 0.255 e. The van der Waals surface area contributed by atoms with E-state index in [2.05, 4.69) is 26.1 Å². The molecule has 1 amide bonds. The van der Waals surface area contributed by atoms with Crippen LogP contribution in [-0.2, 0) is 5.41 Å². The fourth-order valence-electron chi connectivity index (χ4n) is 3.55. The first-order valence-electron chi connectivity index (χ1n) is 10.0. The number of carbonyl (C=O) groups excluding carboxylic acids is 1. The molecule has 4 rings (SSSR count). The van der Waals surface area contributed by atoms with Crippen LogP contribution in [0.4, 0.5) is 5.69 Å². The molecule has 0 saturated carbocycles. The van der Waals surface area contributed by atoms with Crippen molar-refractivity contribution in [3.05, 3.63) is 87.1 Å². The van der Waals surface area contributed by atoms with Gasteiger partial charge in [0, 0.05) is 17.3 Å². The molecule has 0 saturated heterocycles. The summed E-state index contributed by atoms with van der Waals surface area (Å²) in [4.78, 5) is 25.6. The second kappa shape index (κ2) is 7.13. The van der Waals surface area contributed by atoms with E-state index in [1.54, 1.807) is 24.3 Å². The third-order valence-electron chi connectivity index (χ3n) is 5.63. The van der Waals surface area contributed by atoms with Gasteiger partial charge in [-0.1, -0.05) is 39.0 Å². The molecular formula is C26H25NO3. The van der Waals surface area contributed by atoms with Crippen molar-refractivity contribution in [3.63, 3.8) is 0 Å². The molecule has 0 aliphatic heterocycles. The van der Waals surface area contributed by atoms with Crippen LogP contribution in [0.15, 0.2) is 63.8 Å². The molecule has 0 aliphatic rings. The molecule has 0 spiro atoms. The molecule has 4 heteroatoms. The summed E-state index contributed by atoms with van der Waals surface area (Å²) in [5.41, 5.74) is 5.36.